The molecule has 7 heteroatoms. The summed E-state index contributed by atoms with van der Waals surface area (Å²) in [6, 6.07) is 5.84. The summed E-state index contributed by atoms with van der Waals surface area (Å²) in [5, 5.41) is 14.3. The van der Waals surface area contributed by atoms with Crippen LogP contribution in [0.3, 0.4) is 0 Å². The molecule has 0 bridgehead atoms. The first-order valence-corrected chi connectivity index (χ1v) is 4.94. The number of halogens is 1. The highest BCUT2D eigenvalue weighted by molar-refractivity contribution is 5.95. The van der Waals surface area contributed by atoms with E-state index in [0.717, 1.165) is 6.39 Å². The molecule has 18 heavy (non-hydrogen) atoms. The van der Waals surface area contributed by atoms with E-state index in [1.54, 1.807) is 6.07 Å². The number of hydrogen-bond acceptors (Lipinski definition) is 5. The highest BCUT2D eigenvalue weighted by Gasteiger charge is 2.16. The molecule has 1 aromatic carbocycles. The van der Waals surface area contributed by atoms with Gasteiger partial charge in [-0.25, -0.2) is 4.39 Å². The molecule has 0 spiro atoms. The molecule has 0 unspecified atom stereocenters. The SMILES string of the molecule is N#CCC(=O)Nc1cccc(F)c1-c1ncon1. The number of benzene rings is 1. The molecule has 1 N–H and O–H groups in total. The van der Waals surface area contributed by atoms with Gasteiger partial charge in [0.05, 0.1) is 17.3 Å². The molecule has 0 radical (unpaired) electrons. The predicted molar refractivity (Wildman–Crippen MR) is 58.6 cm³/mol. The Bertz CT molecular complexity index is 604. The van der Waals surface area contributed by atoms with Gasteiger partial charge in [0.15, 0.2) is 0 Å². The van der Waals surface area contributed by atoms with Crippen molar-refractivity contribution in [2.75, 3.05) is 5.32 Å². The van der Waals surface area contributed by atoms with E-state index >= 15 is 0 Å². The van der Waals surface area contributed by atoms with Gasteiger partial charge in [-0.05, 0) is 12.1 Å². The summed E-state index contributed by atoms with van der Waals surface area (Å²) in [6.07, 6.45) is 0.741. The minimum Gasteiger partial charge on any atom is -0.342 e. The minimum atomic E-state index is -0.592. The molecule has 2 aromatic rings. The number of carbonyl (C=O) groups is 1. The highest BCUT2D eigenvalue weighted by atomic mass is 19.1. The third kappa shape index (κ3) is 2.32. The largest absolute Gasteiger partial charge is 0.342 e. The number of anilines is 1. The summed E-state index contributed by atoms with van der Waals surface area (Å²) in [7, 11) is 0. The van der Waals surface area contributed by atoms with Crippen LogP contribution in [0.25, 0.3) is 11.4 Å². The Balaban J connectivity index is 2.40. The summed E-state index contributed by atoms with van der Waals surface area (Å²) in [6.45, 7) is 0. The smallest absolute Gasteiger partial charge is 0.238 e. The fraction of sp³-hybridized carbons (Fsp3) is 0.0909. The minimum absolute atomic E-state index is 0.0255. The first-order valence-electron chi connectivity index (χ1n) is 4.94. The third-order valence-electron chi connectivity index (χ3n) is 2.11. The number of nitrogens with one attached hydrogen (secondary N) is 1. The topological polar surface area (TPSA) is 91.8 Å². The second-order valence-corrected chi connectivity index (χ2v) is 3.30. The van der Waals surface area contributed by atoms with Crippen LogP contribution in [0.15, 0.2) is 29.1 Å². The lowest BCUT2D eigenvalue weighted by Crippen LogP contribution is -2.11. The molecule has 0 fully saturated rings. The van der Waals surface area contributed by atoms with E-state index in [0.29, 0.717) is 0 Å². The van der Waals surface area contributed by atoms with Gasteiger partial charge in [0.1, 0.15) is 12.2 Å². The van der Waals surface area contributed by atoms with Crippen LogP contribution in [-0.4, -0.2) is 16.0 Å². The van der Waals surface area contributed by atoms with Crippen LogP contribution in [0.5, 0.6) is 0 Å². The number of rotatable bonds is 3. The van der Waals surface area contributed by atoms with E-state index in [1.807, 2.05) is 0 Å². The Kier molecular flexibility index (Phi) is 3.29. The molecule has 0 aliphatic heterocycles. The van der Waals surface area contributed by atoms with Gasteiger partial charge < -0.3 is 9.84 Å². The lowest BCUT2D eigenvalue weighted by atomic mass is 10.1. The van der Waals surface area contributed by atoms with Gasteiger partial charge in [-0.2, -0.15) is 10.2 Å². The fourth-order valence-corrected chi connectivity index (χ4v) is 1.40. The molecule has 1 amide bonds. The van der Waals surface area contributed by atoms with Gasteiger partial charge in [-0.3, -0.25) is 4.79 Å². The first-order chi connectivity index (χ1) is 8.72. The zero-order valence-corrected chi connectivity index (χ0v) is 9.05. The number of aromatic nitrogens is 2. The van der Waals surface area contributed by atoms with Crippen LogP contribution in [0, 0.1) is 17.1 Å². The van der Waals surface area contributed by atoms with E-state index in [9.17, 15) is 9.18 Å². The van der Waals surface area contributed by atoms with E-state index < -0.39 is 11.7 Å². The van der Waals surface area contributed by atoms with Crippen LogP contribution in [0.1, 0.15) is 6.42 Å². The second-order valence-electron chi connectivity index (χ2n) is 3.30. The zero-order chi connectivity index (χ0) is 13.0. The normalized spacial score (nSPS) is 9.78. The Labute approximate surface area is 101 Å². The van der Waals surface area contributed by atoms with Crippen LogP contribution >= 0.6 is 0 Å². The maximum atomic E-state index is 13.7. The van der Waals surface area contributed by atoms with Crippen LogP contribution in [-0.2, 0) is 4.79 Å². The van der Waals surface area contributed by atoms with E-state index in [4.69, 9.17) is 5.26 Å². The standard InChI is InChI=1S/C11H7FN4O2/c12-7-2-1-3-8(15-9(17)4-5-13)10(7)11-14-6-18-16-11/h1-3,6H,4H2,(H,15,17). The van der Waals surface area contributed by atoms with Crippen molar-refractivity contribution in [1.82, 2.24) is 10.1 Å². The number of nitriles is 1. The van der Waals surface area contributed by atoms with E-state index in [1.165, 1.54) is 18.2 Å². The van der Waals surface area contributed by atoms with Gasteiger partial charge in [-0.1, -0.05) is 11.2 Å². The number of carbonyl (C=O) groups excluding carboxylic acids is 1. The second kappa shape index (κ2) is 5.05. The van der Waals surface area contributed by atoms with Gasteiger partial charge in [0, 0.05) is 0 Å². The maximum Gasteiger partial charge on any atom is 0.238 e. The molecule has 2 rings (SSSR count). The van der Waals surface area contributed by atoms with Crippen molar-refractivity contribution in [3.63, 3.8) is 0 Å². The van der Waals surface area contributed by atoms with Crippen LogP contribution in [0.4, 0.5) is 10.1 Å². The molecular weight excluding hydrogens is 239 g/mol. The number of nitrogens with zero attached hydrogens (tertiary/aromatic N) is 3. The summed E-state index contributed by atoms with van der Waals surface area (Å²) >= 11 is 0. The quantitative estimate of drug-likeness (QED) is 0.890. The zero-order valence-electron chi connectivity index (χ0n) is 9.05. The van der Waals surface area contributed by atoms with E-state index in [-0.39, 0.29) is 23.5 Å². The van der Waals surface area contributed by atoms with Gasteiger partial charge in [0.2, 0.25) is 18.1 Å². The molecule has 0 atom stereocenters. The molecule has 90 valence electrons. The lowest BCUT2D eigenvalue weighted by Gasteiger charge is -2.07. The molecule has 0 aliphatic carbocycles. The van der Waals surface area contributed by atoms with Crippen molar-refractivity contribution < 1.29 is 13.7 Å². The van der Waals surface area contributed by atoms with Gasteiger partial charge in [0.25, 0.3) is 0 Å². The van der Waals surface area contributed by atoms with Crippen molar-refractivity contribution in [2.24, 2.45) is 0 Å². The van der Waals surface area contributed by atoms with Crippen molar-refractivity contribution >= 4 is 11.6 Å². The monoisotopic (exact) mass is 246 g/mol. The molecule has 6 nitrogen and oxygen atoms in total. The van der Waals surface area contributed by atoms with Crippen LogP contribution in [0.2, 0.25) is 0 Å². The molecule has 1 aromatic heterocycles. The summed E-state index contributed by atoms with van der Waals surface area (Å²) in [5.74, 6) is -1.10. The molecular formula is C11H7FN4O2. The number of hydrogen-bond donors (Lipinski definition) is 1. The molecule has 0 saturated heterocycles. The molecule has 0 saturated carbocycles. The summed E-state index contributed by atoms with van der Waals surface area (Å²) in [4.78, 5) is 15.1. The van der Waals surface area contributed by atoms with Crippen molar-refractivity contribution in [3.05, 3.63) is 30.4 Å². The van der Waals surface area contributed by atoms with E-state index in [2.05, 4.69) is 20.0 Å². The average Bonchev–Trinajstić information content (AvgIpc) is 2.82. The summed E-state index contributed by atoms with van der Waals surface area (Å²) < 4.78 is 18.3. The Morgan fingerprint density at radius 2 is 2.39 bits per heavy atom. The Morgan fingerprint density at radius 3 is 3.06 bits per heavy atom. The molecule has 1 heterocycles. The van der Waals surface area contributed by atoms with Crippen LogP contribution < -0.4 is 5.32 Å². The van der Waals surface area contributed by atoms with Crippen molar-refractivity contribution in [2.45, 2.75) is 6.42 Å². The van der Waals surface area contributed by atoms with Crippen molar-refractivity contribution in [3.8, 4) is 17.5 Å². The Morgan fingerprint density at radius 1 is 1.56 bits per heavy atom. The predicted octanol–water partition coefficient (Wildman–Crippen LogP) is 1.73. The lowest BCUT2D eigenvalue weighted by molar-refractivity contribution is -0.115. The number of amides is 1. The van der Waals surface area contributed by atoms with Gasteiger partial charge >= 0.3 is 0 Å². The average molecular weight is 246 g/mol. The van der Waals surface area contributed by atoms with Gasteiger partial charge in [-0.15, -0.1) is 0 Å². The molecule has 0 aliphatic rings. The summed E-state index contributed by atoms with van der Waals surface area (Å²) in [5.41, 5.74) is 0.217. The maximum absolute atomic E-state index is 13.7. The fourth-order valence-electron chi connectivity index (χ4n) is 1.40. The third-order valence-corrected chi connectivity index (χ3v) is 2.11. The first kappa shape index (κ1) is 11.7. The Hall–Kier alpha value is -2.75. The highest BCUT2D eigenvalue weighted by Crippen LogP contribution is 2.28. The van der Waals surface area contributed by atoms with Crippen molar-refractivity contribution in [1.29, 1.82) is 5.26 Å².